The van der Waals surface area contributed by atoms with Crippen molar-refractivity contribution in [3.05, 3.63) is 0 Å². The minimum absolute atomic E-state index is 0.237. The van der Waals surface area contributed by atoms with Crippen LogP contribution in [0.25, 0.3) is 0 Å². The van der Waals surface area contributed by atoms with E-state index < -0.39 is 0 Å². The molecular formula is C17H29N3. The van der Waals surface area contributed by atoms with Crippen LogP contribution < -0.4 is 5.32 Å². The average Bonchev–Trinajstić information content (AvgIpc) is 3.33. The van der Waals surface area contributed by atoms with Crippen molar-refractivity contribution in [2.45, 2.75) is 69.9 Å². The molecule has 1 N–H and O–H groups in total. The van der Waals surface area contributed by atoms with Crippen LogP contribution >= 0.6 is 0 Å². The predicted molar refractivity (Wildman–Crippen MR) is 81.3 cm³/mol. The average molecular weight is 275 g/mol. The van der Waals surface area contributed by atoms with Crippen LogP contribution in [0.1, 0.15) is 58.3 Å². The van der Waals surface area contributed by atoms with Crippen molar-refractivity contribution in [2.24, 2.45) is 11.8 Å². The van der Waals surface area contributed by atoms with Crippen LogP contribution in [-0.4, -0.2) is 36.1 Å². The topological polar surface area (TPSA) is 39.1 Å². The van der Waals surface area contributed by atoms with Crippen molar-refractivity contribution >= 4 is 0 Å². The summed E-state index contributed by atoms with van der Waals surface area (Å²) in [4.78, 5) is 2.56. The lowest BCUT2D eigenvalue weighted by atomic mass is 9.89. The van der Waals surface area contributed by atoms with Gasteiger partial charge in [0.15, 0.2) is 0 Å². The Morgan fingerprint density at radius 1 is 1.15 bits per heavy atom. The van der Waals surface area contributed by atoms with Crippen molar-refractivity contribution in [3.63, 3.8) is 0 Å². The lowest BCUT2D eigenvalue weighted by Gasteiger charge is -2.38. The minimum atomic E-state index is -0.237. The Labute approximate surface area is 123 Å². The van der Waals surface area contributed by atoms with Gasteiger partial charge in [0.05, 0.1) is 6.07 Å². The first-order chi connectivity index (χ1) is 9.75. The number of nitriles is 1. The number of nitrogens with zero attached hydrogens (tertiary/aromatic N) is 2. The molecule has 3 rings (SSSR count). The minimum Gasteiger partial charge on any atom is -0.300 e. The van der Waals surface area contributed by atoms with E-state index in [1.165, 1.54) is 64.5 Å². The highest BCUT2D eigenvalue weighted by Gasteiger charge is 2.49. The van der Waals surface area contributed by atoms with Crippen molar-refractivity contribution in [1.29, 1.82) is 5.26 Å². The zero-order chi connectivity index (χ0) is 14.0. The Kier molecular flexibility index (Phi) is 4.33. The van der Waals surface area contributed by atoms with Gasteiger partial charge >= 0.3 is 0 Å². The second-order valence-electron chi connectivity index (χ2n) is 7.28. The summed E-state index contributed by atoms with van der Waals surface area (Å²) in [6.45, 7) is 5.66. The SMILES string of the molecule is CCCC1CCN(CC(C#N)(NC2CC2)C2CC2)CC1. The Morgan fingerprint density at radius 2 is 1.85 bits per heavy atom. The second kappa shape index (κ2) is 6.03. The smallest absolute Gasteiger partial charge is 0.122 e. The molecule has 2 saturated carbocycles. The van der Waals surface area contributed by atoms with Gasteiger partial charge in [-0.1, -0.05) is 19.8 Å². The van der Waals surface area contributed by atoms with Crippen LogP contribution in [0.15, 0.2) is 0 Å². The highest BCUT2D eigenvalue weighted by molar-refractivity contribution is 5.18. The highest BCUT2D eigenvalue weighted by atomic mass is 15.2. The summed E-state index contributed by atoms with van der Waals surface area (Å²) in [5.74, 6) is 1.55. The molecule has 1 aliphatic heterocycles. The van der Waals surface area contributed by atoms with Crippen LogP contribution in [0, 0.1) is 23.2 Å². The van der Waals surface area contributed by atoms with Crippen molar-refractivity contribution in [1.82, 2.24) is 10.2 Å². The maximum Gasteiger partial charge on any atom is 0.122 e. The Bertz CT molecular complexity index is 359. The summed E-state index contributed by atoms with van der Waals surface area (Å²) < 4.78 is 0. The molecule has 0 aromatic rings. The lowest BCUT2D eigenvalue weighted by molar-refractivity contribution is 0.138. The number of hydrogen-bond donors (Lipinski definition) is 1. The molecule has 0 spiro atoms. The van der Waals surface area contributed by atoms with E-state index in [-0.39, 0.29) is 5.54 Å². The molecular weight excluding hydrogens is 246 g/mol. The van der Waals surface area contributed by atoms with Crippen LogP contribution in [0.4, 0.5) is 0 Å². The van der Waals surface area contributed by atoms with Gasteiger partial charge in [0.2, 0.25) is 0 Å². The molecule has 1 unspecified atom stereocenters. The maximum absolute atomic E-state index is 9.79. The number of hydrogen-bond acceptors (Lipinski definition) is 3. The summed E-state index contributed by atoms with van der Waals surface area (Å²) in [7, 11) is 0. The zero-order valence-electron chi connectivity index (χ0n) is 12.9. The molecule has 0 amide bonds. The van der Waals surface area contributed by atoms with Gasteiger partial charge in [-0.05, 0) is 63.5 Å². The number of rotatable bonds is 7. The van der Waals surface area contributed by atoms with Crippen LogP contribution in [0.2, 0.25) is 0 Å². The Morgan fingerprint density at radius 3 is 2.35 bits per heavy atom. The largest absolute Gasteiger partial charge is 0.300 e. The van der Waals surface area contributed by atoms with Crippen LogP contribution in [0.5, 0.6) is 0 Å². The van der Waals surface area contributed by atoms with E-state index >= 15 is 0 Å². The number of nitrogens with one attached hydrogen (secondary N) is 1. The molecule has 3 fully saturated rings. The van der Waals surface area contributed by atoms with E-state index in [9.17, 15) is 5.26 Å². The van der Waals surface area contributed by atoms with E-state index in [1.54, 1.807) is 0 Å². The van der Waals surface area contributed by atoms with Gasteiger partial charge in [-0.25, -0.2) is 0 Å². The van der Waals surface area contributed by atoms with Gasteiger partial charge in [0.1, 0.15) is 5.54 Å². The van der Waals surface area contributed by atoms with Gasteiger partial charge in [-0.3, -0.25) is 5.32 Å². The van der Waals surface area contributed by atoms with Gasteiger partial charge in [0.25, 0.3) is 0 Å². The molecule has 0 bridgehead atoms. The first-order valence-electron chi connectivity index (χ1n) is 8.67. The number of likely N-dealkylation sites (tertiary alicyclic amines) is 1. The summed E-state index contributed by atoms with van der Waals surface area (Å²) >= 11 is 0. The molecule has 0 aromatic heterocycles. The summed E-state index contributed by atoms with van der Waals surface area (Å²) in [6, 6.07) is 3.31. The van der Waals surface area contributed by atoms with E-state index in [0.29, 0.717) is 12.0 Å². The van der Waals surface area contributed by atoms with Crippen molar-refractivity contribution in [2.75, 3.05) is 19.6 Å². The van der Waals surface area contributed by atoms with Crippen LogP contribution in [0.3, 0.4) is 0 Å². The van der Waals surface area contributed by atoms with Gasteiger partial charge in [0, 0.05) is 12.6 Å². The van der Waals surface area contributed by atoms with Crippen molar-refractivity contribution < 1.29 is 0 Å². The molecule has 1 heterocycles. The fourth-order valence-corrected chi connectivity index (χ4v) is 3.81. The number of piperidine rings is 1. The molecule has 1 atom stereocenters. The van der Waals surface area contributed by atoms with Crippen LogP contribution in [-0.2, 0) is 0 Å². The first-order valence-corrected chi connectivity index (χ1v) is 8.67. The molecule has 3 nitrogen and oxygen atoms in total. The molecule has 2 aliphatic carbocycles. The van der Waals surface area contributed by atoms with Gasteiger partial charge in [-0.2, -0.15) is 5.26 Å². The summed E-state index contributed by atoms with van der Waals surface area (Å²) in [6.07, 6.45) is 10.4. The lowest BCUT2D eigenvalue weighted by Crippen LogP contribution is -2.56. The zero-order valence-corrected chi connectivity index (χ0v) is 12.9. The fourth-order valence-electron chi connectivity index (χ4n) is 3.81. The standard InChI is InChI=1S/C17H29N3/c1-2-3-14-8-10-20(11-9-14)13-17(12-18,15-4-5-15)19-16-6-7-16/h14-16,19H,2-11,13H2,1H3. The third-order valence-corrected chi connectivity index (χ3v) is 5.39. The Hall–Kier alpha value is -0.590. The fraction of sp³-hybridized carbons (Fsp3) is 0.941. The van der Waals surface area contributed by atoms with Crippen molar-refractivity contribution in [3.8, 4) is 6.07 Å². The predicted octanol–water partition coefficient (Wildman–Crippen LogP) is 2.92. The van der Waals surface area contributed by atoms with E-state index in [2.05, 4.69) is 23.2 Å². The molecule has 1 saturated heterocycles. The van der Waals surface area contributed by atoms with E-state index in [4.69, 9.17) is 0 Å². The summed E-state index contributed by atoms with van der Waals surface area (Å²) in [5, 5.41) is 13.5. The van der Waals surface area contributed by atoms with E-state index in [0.717, 1.165) is 12.5 Å². The monoisotopic (exact) mass is 275 g/mol. The summed E-state index contributed by atoms with van der Waals surface area (Å²) in [5.41, 5.74) is -0.237. The molecule has 3 heteroatoms. The third kappa shape index (κ3) is 3.35. The normalized spacial score (nSPS) is 28.0. The molecule has 112 valence electrons. The molecule has 0 aromatic carbocycles. The molecule has 0 radical (unpaired) electrons. The maximum atomic E-state index is 9.79. The highest BCUT2D eigenvalue weighted by Crippen LogP contribution is 2.42. The van der Waals surface area contributed by atoms with Gasteiger partial charge in [-0.15, -0.1) is 0 Å². The van der Waals surface area contributed by atoms with Gasteiger partial charge < -0.3 is 4.90 Å². The quantitative estimate of drug-likeness (QED) is 0.776. The van der Waals surface area contributed by atoms with E-state index in [1.807, 2.05) is 0 Å². The second-order valence-corrected chi connectivity index (χ2v) is 7.28. The Balaban J connectivity index is 1.55. The first kappa shape index (κ1) is 14.4. The third-order valence-electron chi connectivity index (χ3n) is 5.39. The molecule has 3 aliphatic rings. The molecule has 20 heavy (non-hydrogen) atoms.